The first-order chi connectivity index (χ1) is 14.9. The summed E-state index contributed by atoms with van der Waals surface area (Å²) in [5.74, 6) is -1.13. The number of aromatic nitrogens is 1. The number of nitrogens with zero attached hydrogens (tertiary/aromatic N) is 2. The third-order valence-corrected chi connectivity index (χ3v) is 5.34. The molecule has 1 aromatic heterocycles. The first kappa shape index (κ1) is 21.3. The molecule has 0 bridgehead atoms. The molecule has 1 fully saturated rings. The van der Waals surface area contributed by atoms with Gasteiger partial charge in [-0.25, -0.2) is 8.78 Å². The Morgan fingerprint density at radius 2 is 2.06 bits per heavy atom. The summed E-state index contributed by atoms with van der Waals surface area (Å²) < 4.78 is 39.5. The first-order valence-electron chi connectivity index (χ1n) is 10.2. The topological polar surface area (TPSA) is 63.9 Å². The summed E-state index contributed by atoms with van der Waals surface area (Å²) in [6.07, 6.45) is 1.52. The molecule has 8 heteroatoms. The van der Waals surface area contributed by atoms with Crippen molar-refractivity contribution in [2.45, 2.75) is 25.6 Å². The number of aliphatic hydroxyl groups excluding tert-OH is 1. The molecule has 0 amide bonds. The van der Waals surface area contributed by atoms with Crippen molar-refractivity contribution in [1.82, 2.24) is 9.47 Å². The van der Waals surface area contributed by atoms with Gasteiger partial charge >= 0.3 is 0 Å². The van der Waals surface area contributed by atoms with Crippen LogP contribution in [0.5, 0.6) is 11.5 Å². The van der Waals surface area contributed by atoms with E-state index in [1.807, 2.05) is 23.1 Å². The highest BCUT2D eigenvalue weighted by Gasteiger charge is 2.26. The lowest BCUT2D eigenvalue weighted by Gasteiger charge is -2.21. The second-order valence-electron chi connectivity index (χ2n) is 7.73. The van der Waals surface area contributed by atoms with Crippen LogP contribution < -0.4 is 9.47 Å². The number of fused-ring (bicyclic) bond motifs is 1. The van der Waals surface area contributed by atoms with E-state index >= 15 is 0 Å². The molecule has 1 aliphatic heterocycles. The van der Waals surface area contributed by atoms with E-state index in [1.165, 1.54) is 17.6 Å². The van der Waals surface area contributed by atoms with Gasteiger partial charge in [0.25, 0.3) is 0 Å². The van der Waals surface area contributed by atoms with Crippen molar-refractivity contribution < 1.29 is 28.2 Å². The molecule has 2 atom stereocenters. The number of halogens is 2. The molecule has 2 aromatic carbocycles. The number of rotatable bonds is 7. The Hall–Kier alpha value is -2.97. The molecule has 0 spiro atoms. The lowest BCUT2D eigenvalue weighted by molar-refractivity contribution is 0.0724. The molecule has 1 aliphatic rings. The van der Waals surface area contributed by atoms with Gasteiger partial charge in [0.1, 0.15) is 30.3 Å². The molecule has 1 N–H and O–H groups in total. The number of aliphatic hydroxyl groups is 1. The highest BCUT2D eigenvalue weighted by molar-refractivity contribution is 5.94. The van der Waals surface area contributed by atoms with Gasteiger partial charge in [-0.05, 0) is 30.7 Å². The fraction of sp³-hybridized carbons (Fsp3) is 0.348. The van der Waals surface area contributed by atoms with E-state index in [2.05, 4.69) is 0 Å². The number of hydrogen-bond donors (Lipinski definition) is 1. The van der Waals surface area contributed by atoms with Gasteiger partial charge in [0.2, 0.25) is 5.91 Å². The number of β-amino-alcohol motifs (C(OH)–C–C–N with tert-alkyl or cyclic N) is 1. The van der Waals surface area contributed by atoms with Gasteiger partial charge in [-0.1, -0.05) is 12.1 Å². The average molecular weight is 430 g/mol. The van der Waals surface area contributed by atoms with Crippen molar-refractivity contribution in [2.75, 3.05) is 26.2 Å². The van der Waals surface area contributed by atoms with Crippen LogP contribution in [0.1, 0.15) is 18.1 Å². The highest BCUT2D eigenvalue weighted by atomic mass is 19.2. The molecule has 2 heterocycles. The van der Waals surface area contributed by atoms with Crippen molar-refractivity contribution in [3.8, 4) is 11.5 Å². The molecular formula is C23H24F2N2O4. The third kappa shape index (κ3) is 4.86. The first-order valence-corrected chi connectivity index (χ1v) is 10.2. The van der Waals surface area contributed by atoms with E-state index in [9.17, 15) is 18.7 Å². The lowest BCUT2D eigenvalue weighted by atomic mass is 10.2. The molecule has 2 unspecified atom stereocenters. The van der Waals surface area contributed by atoms with Crippen molar-refractivity contribution in [2.24, 2.45) is 0 Å². The molecule has 6 nitrogen and oxygen atoms in total. The maximum absolute atomic E-state index is 13.3. The summed E-state index contributed by atoms with van der Waals surface area (Å²) in [6, 6.07) is 10.8. The van der Waals surface area contributed by atoms with Gasteiger partial charge in [0.15, 0.2) is 11.6 Å². The van der Waals surface area contributed by atoms with Crippen LogP contribution in [-0.4, -0.2) is 58.9 Å². The van der Waals surface area contributed by atoms with Gasteiger partial charge in [-0.3, -0.25) is 14.3 Å². The SMILES string of the molecule is CC(=O)n1ccc2cccc(OCC(O)CN3CCC(Oc4ccc(F)c(F)c4)C3)c21. The fourth-order valence-electron chi connectivity index (χ4n) is 3.88. The summed E-state index contributed by atoms with van der Waals surface area (Å²) in [5, 5.41) is 11.3. The number of para-hydroxylation sites is 1. The maximum atomic E-state index is 13.3. The zero-order chi connectivity index (χ0) is 22.0. The minimum Gasteiger partial charge on any atom is -0.489 e. The zero-order valence-electron chi connectivity index (χ0n) is 17.1. The molecule has 4 rings (SSSR count). The molecule has 0 aliphatic carbocycles. The predicted octanol–water partition coefficient (Wildman–Crippen LogP) is 3.47. The number of ether oxygens (including phenoxy) is 2. The van der Waals surface area contributed by atoms with Crippen LogP contribution in [0.2, 0.25) is 0 Å². The van der Waals surface area contributed by atoms with Crippen LogP contribution in [0.15, 0.2) is 48.7 Å². The molecule has 0 radical (unpaired) electrons. The smallest absolute Gasteiger partial charge is 0.228 e. The second kappa shape index (κ2) is 9.03. The van der Waals surface area contributed by atoms with Gasteiger partial charge < -0.3 is 14.6 Å². The Labute approximate surface area is 178 Å². The fourth-order valence-corrected chi connectivity index (χ4v) is 3.88. The van der Waals surface area contributed by atoms with E-state index < -0.39 is 17.7 Å². The normalized spacial score (nSPS) is 17.7. The standard InChI is InChI=1S/C23H24F2N2O4/c1-15(28)27-10-7-16-3-2-4-22(23(16)27)30-14-17(29)12-26-9-8-19(13-26)31-18-5-6-20(24)21(25)11-18/h2-7,10-11,17,19,29H,8-9,12-14H2,1H3. The van der Waals surface area contributed by atoms with E-state index in [4.69, 9.17) is 9.47 Å². The Morgan fingerprint density at radius 1 is 1.23 bits per heavy atom. The van der Waals surface area contributed by atoms with Crippen LogP contribution in [0, 0.1) is 11.6 Å². The molecule has 1 saturated heterocycles. The number of carbonyl (C=O) groups excluding carboxylic acids is 1. The summed E-state index contributed by atoms with van der Waals surface area (Å²) in [5.41, 5.74) is 0.684. The maximum Gasteiger partial charge on any atom is 0.228 e. The quantitative estimate of drug-likeness (QED) is 0.622. The van der Waals surface area contributed by atoms with Crippen LogP contribution >= 0.6 is 0 Å². The Kier molecular flexibility index (Phi) is 6.20. The summed E-state index contributed by atoms with van der Waals surface area (Å²) in [7, 11) is 0. The van der Waals surface area contributed by atoms with Crippen LogP contribution in [0.4, 0.5) is 8.78 Å². The summed E-state index contributed by atoms with van der Waals surface area (Å²) in [6.45, 7) is 3.24. The van der Waals surface area contributed by atoms with Crippen LogP contribution in [0.3, 0.4) is 0 Å². The third-order valence-electron chi connectivity index (χ3n) is 5.34. The second-order valence-corrected chi connectivity index (χ2v) is 7.73. The van der Waals surface area contributed by atoms with Gasteiger partial charge in [0, 0.05) is 44.2 Å². The largest absolute Gasteiger partial charge is 0.489 e. The summed E-state index contributed by atoms with van der Waals surface area (Å²) >= 11 is 0. The van der Waals surface area contributed by atoms with Gasteiger partial charge in [-0.2, -0.15) is 0 Å². The van der Waals surface area contributed by atoms with Crippen molar-refractivity contribution in [3.63, 3.8) is 0 Å². The zero-order valence-corrected chi connectivity index (χ0v) is 17.1. The molecule has 164 valence electrons. The van der Waals surface area contributed by atoms with Crippen molar-refractivity contribution >= 4 is 16.8 Å². The summed E-state index contributed by atoms with van der Waals surface area (Å²) in [4.78, 5) is 13.9. The van der Waals surface area contributed by atoms with Crippen molar-refractivity contribution in [1.29, 1.82) is 0 Å². The van der Waals surface area contributed by atoms with E-state index in [1.54, 1.807) is 12.3 Å². The molecular weight excluding hydrogens is 406 g/mol. The van der Waals surface area contributed by atoms with Gasteiger partial charge in [0.05, 0.1) is 5.52 Å². The van der Waals surface area contributed by atoms with E-state index in [0.29, 0.717) is 30.9 Å². The van der Waals surface area contributed by atoms with E-state index in [0.717, 1.165) is 23.9 Å². The minimum atomic E-state index is -0.939. The Bertz CT molecular complexity index is 1080. The van der Waals surface area contributed by atoms with Crippen LogP contribution in [0.25, 0.3) is 10.9 Å². The number of hydrogen-bond acceptors (Lipinski definition) is 5. The van der Waals surface area contributed by atoms with Crippen LogP contribution in [-0.2, 0) is 0 Å². The molecule has 31 heavy (non-hydrogen) atoms. The van der Waals surface area contributed by atoms with Gasteiger partial charge in [-0.15, -0.1) is 0 Å². The minimum absolute atomic E-state index is 0.0768. The van der Waals surface area contributed by atoms with E-state index in [-0.39, 0.29) is 24.4 Å². The lowest BCUT2D eigenvalue weighted by Crippen LogP contribution is -2.35. The highest BCUT2D eigenvalue weighted by Crippen LogP contribution is 2.27. The molecule has 0 saturated carbocycles. The van der Waals surface area contributed by atoms with Crippen molar-refractivity contribution in [3.05, 3.63) is 60.3 Å². The average Bonchev–Trinajstić information content (AvgIpc) is 3.36. The molecule has 3 aromatic rings. The number of benzene rings is 2. The predicted molar refractivity (Wildman–Crippen MR) is 112 cm³/mol. The monoisotopic (exact) mass is 430 g/mol. The number of likely N-dealkylation sites (tertiary alicyclic amines) is 1. The Balaban J connectivity index is 1.30. The Morgan fingerprint density at radius 3 is 2.84 bits per heavy atom. The number of carbonyl (C=O) groups is 1.